The lowest BCUT2D eigenvalue weighted by molar-refractivity contribution is 0.569. The van der Waals surface area contributed by atoms with Crippen LogP contribution in [0.15, 0.2) is 261 Å². The van der Waals surface area contributed by atoms with Crippen LogP contribution in [0, 0.1) is 0 Å². The van der Waals surface area contributed by atoms with Gasteiger partial charge >= 0.3 is 0 Å². The van der Waals surface area contributed by atoms with Crippen LogP contribution in [0.1, 0.15) is 248 Å². The van der Waals surface area contributed by atoms with Crippen LogP contribution in [0.3, 0.4) is 0 Å². The van der Waals surface area contributed by atoms with Crippen molar-refractivity contribution in [3.8, 4) is 72.4 Å². The van der Waals surface area contributed by atoms with Gasteiger partial charge in [-0.25, -0.2) is 0 Å². The summed E-state index contributed by atoms with van der Waals surface area (Å²) in [4.78, 5) is 5.18. The summed E-state index contributed by atoms with van der Waals surface area (Å²) in [7, 11) is 0. The molecule has 0 spiro atoms. The average Bonchev–Trinajstić information content (AvgIpc) is 0.849. The molecule has 0 saturated heterocycles. The average molecular weight is 1560 g/mol. The third-order valence-corrected chi connectivity index (χ3v) is 25.1. The van der Waals surface area contributed by atoms with Crippen molar-refractivity contribution < 1.29 is 11.0 Å². The molecule has 0 saturated carbocycles. The molecule has 0 fully saturated rings. The van der Waals surface area contributed by atoms with Gasteiger partial charge in [0.05, 0.1) is 33.4 Å². The number of fused-ring (bicyclic) bond motifs is 7. The minimum absolute atomic E-state index is 0.0120. The maximum atomic E-state index is 10.1. The molecule has 2 aliphatic rings. The second kappa shape index (κ2) is 28.5. The Bertz CT molecular complexity index is 6480. The van der Waals surface area contributed by atoms with E-state index in [4.69, 9.17) is 0 Å². The summed E-state index contributed by atoms with van der Waals surface area (Å²) in [6, 6.07) is 78.3. The highest BCUT2D eigenvalue weighted by Gasteiger charge is 2.47. The van der Waals surface area contributed by atoms with E-state index in [9.17, 15) is 11.0 Å². The standard InChI is InChI=1S/C114H124BN3/c1-106(2,3)79-47-36-71(37-48-79)78-63-101-103-102(64-78)118(105-93(74-42-53-82(54-43-74)109(10,11)12)68-87(114(25,26)27)69-94(105)75-44-55-83(56-45-75)110(13,14)15)100-70-88(116-97-34-30-28-32-89(97)90-33-29-31-35-98(90)116)57-58-95(100)115(103)96-62-76(77-60-84(111(16,17)18)65-85(61-77)112(19,20)21)46-59-99(96)117(101)104-91(72-38-49-80(50-39-72)107(4,5)6)66-86(113(22,23)24)67-92(104)73-40-51-81(52-41-73)108(7,8)9/h28-70H,1-27H3/i28D,29D,30D,31D,32D,33D,34D,35D. The van der Waals surface area contributed by atoms with E-state index in [2.05, 4.69) is 403 Å². The molecule has 13 aromatic carbocycles. The zero-order valence-electron chi connectivity index (χ0n) is 83.1. The monoisotopic (exact) mass is 1550 g/mol. The summed E-state index contributed by atoms with van der Waals surface area (Å²) in [5, 5.41) is 0.0240. The van der Waals surface area contributed by atoms with Crippen LogP contribution in [0.25, 0.3) is 94.3 Å². The zero-order valence-corrected chi connectivity index (χ0v) is 75.1. The first-order chi connectivity index (χ1) is 58.5. The fourth-order valence-corrected chi connectivity index (χ4v) is 17.6. The van der Waals surface area contributed by atoms with E-state index in [1.165, 1.54) is 44.5 Å². The van der Waals surface area contributed by atoms with Crippen LogP contribution in [-0.2, 0) is 48.7 Å². The normalized spacial score (nSPS) is 14.6. The molecule has 14 aromatic rings. The Kier molecular flexibility index (Phi) is 17.3. The van der Waals surface area contributed by atoms with Gasteiger partial charge in [-0.1, -0.05) is 381 Å². The minimum atomic E-state index is -0.560. The van der Waals surface area contributed by atoms with E-state index in [0.29, 0.717) is 5.69 Å². The first-order valence-electron chi connectivity index (χ1n) is 46.7. The Morgan fingerprint density at radius 3 is 0.864 bits per heavy atom. The second-order valence-corrected chi connectivity index (χ2v) is 43.1. The van der Waals surface area contributed by atoms with Crippen LogP contribution in [0.2, 0.25) is 0 Å². The summed E-state index contributed by atoms with van der Waals surface area (Å²) >= 11 is 0. The molecule has 3 heterocycles. The maximum Gasteiger partial charge on any atom is 0.252 e. The number of hydrogen-bond acceptors (Lipinski definition) is 2. The summed E-state index contributed by atoms with van der Waals surface area (Å²) in [5.74, 6) is 0. The van der Waals surface area contributed by atoms with Gasteiger partial charge in [-0.3, -0.25) is 0 Å². The van der Waals surface area contributed by atoms with E-state index >= 15 is 0 Å². The fraction of sp³-hybridized carbons (Fsp3) is 0.316. The Morgan fingerprint density at radius 2 is 0.525 bits per heavy atom. The molecule has 0 radical (unpaired) electrons. The van der Waals surface area contributed by atoms with Crippen LogP contribution < -0.4 is 26.2 Å². The second-order valence-electron chi connectivity index (χ2n) is 43.1. The highest BCUT2D eigenvalue weighted by molar-refractivity contribution is 7.00. The van der Waals surface area contributed by atoms with Gasteiger partial charge < -0.3 is 14.4 Å². The SMILES string of the molecule is [2H]c1c([2H])c([2H])c2c(c1[2H])c1c([2H])c([2H])c([2H])c([2H])c1n2-c1ccc2c(c1)N(c1c(-c3ccc(C(C)(C)C)cc3)cc(C(C)(C)C)cc1-c1ccc(C(C)(C)C)cc1)c1cc(-c3ccc(C(C)(C)C)cc3)cc3c1B2c1cc(-c2cc(C(C)(C)C)cc(C(C)(C)C)c2)ccc1N3c1c(-c2ccc(C(C)(C)C)cc2)cc(C(C)(C)C)cc1-c1ccc(C(C)(C)C)cc1. The highest BCUT2D eigenvalue weighted by atomic mass is 15.2. The van der Waals surface area contributed by atoms with Gasteiger partial charge in [-0.2, -0.15) is 0 Å². The number of hydrogen-bond donors (Lipinski definition) is 0. The lowest BCUT2D eigenvalue weighted by atomic mass is 9.33. The van der Waals surface area contributed by atoms with Gasteiger partial charge in [0, 0.05) is 61.5 Å². The third-order valence-electron chi connectivity index (χ3n) is 25.1. The number of anilines is 6. The summed E-state index contributed by atoms with van der Waals surface area (Å²) in [6.45, 7) is 61.3. The van der Waals surface area contributed by atoms with Crippen molar-refractivity contribution in [3.63, 3.8) is 0 Å². The molecule has 0 atom stereocenters. The molecule has 0 N–H and O–H groups in total. The maximum absolute atomic E-state index is 10.1. The van der Waals surface area contributed by atoms with Crippen LogP contribution in [0.4, 0.5) is 34.1 Å². The molecule has 0 amide bonds. The quantitative estimate of drug-likeness (QED) is 0.133. The first-order valence-corrected chi connectivity index (χ1v) is 42.7. The predicted molar refractivity (Wildman–Crippen MR) is 516 cm³/mol. The number of rotatable bonds is 9. The fourth-order valence-electron chi connectivity index (χ4n) is 17.6. The topological polar surface area (TPSA) is 11.4 Å². The van der Waals surface area contributed by atoms with Crippen LogP contribution in [0.5, 0.6) is 0 Å². The zero-order chi connectivity index (χ0) is 91.4. The molecular formula is C114H124BN3. The van der Waals surface area contributed by atoms with E-state index in [0.717, 1.165) is 123 Å². The Morgan fingerprint density at radius 1 is 0.229 bits per heavy atom. The van der Waals surface area contributed by atoms with Crippen molar-refractivity contribution >= 4 is 79.0 Å². The van der Waals surface area contributed by atoms with Crippen LogP contribution >= 0.6 is 0 Å². The molecule has 0 aliphatic carbocycles. The molecule has 0 bridgehead atoms. The van der Waals surface area contributed by atoms with Crippen molar-refractivity contribution in [1.82, 2.24) is 4.57 Å². The molecule has 1 aromatic heterocycles. The number of benzene rings is 13. The van der Waals surface area contributed by atoms with Gasteiger partial charge in [-0.15, -0.1) is 0 Å². The highest BCUT2D eigenvalue weighted by Crippen LogP contribution is 2.57. The molecule has 4 heteroatoms. The summed E-state index contributed by atoms with van der Waals surface area (Å²) in [6.07, 6.45) is 0. The molecule has 3 nitrogen and oxygen atoms in total. The van der Waals surface area contributed by atoms with Gasteiger partial charge in [-0.05, 0) is 226 Å². The van der Waals surface area contributed by atoms with Crippen molar-refractivity contribution in [1.29, 1.82) is 0 Å². The van der Waals surface area contributed by atoms with Gasteiger partial charge in [0.15, 0.2) is 0 Å². The van der Waals surface area contributed by atoms with E-state index in [1.807, 2.05) is 6.07 Å². The van der Waals surface area contributed by atoms with Gasteiger partial charge in [0.25, 0.3) is 6.71 Å². The van der Waals surface area contributed by atoms with Crippen molar-refractivity contribution in [2.24, 2.45) is 0 Å². The number of para-hydroxylation sites is 2. The Balaban J connectivity index is 1.17. The molecular weight excluding hydrogens is 1420 g/mol. The molecule has 2 aliphatic heterocycles. The lowest BCUT2D eigenvalue weighted by Crippen LogP contribution is -2.61. The van der Waals surface area contributed by atoms with E-state index in [-0.39, 0.29) is 82.6 Å². The van der Waals surface area contributed by atoms with Crippen molar-refractivity contribution in [2.45, 2.75) is 236 Å². The molecule has 0 unspecified atom stereocenters. The lowest BCUT2D eigenvalue weighted by Gasteiger charge is -2.46. The third kappa shape index (κ3) is 14.9. The number of nitrogens with zero attached hydrogens (tertiary/aromatic N) is 3. The minimum Gasteiger partial charge on any atom is -0.310 e. The Hall–Kier alpha value is -10.7. The van der Waals surface area contributed by atoms with Crippen LogP contribution in [-0.4, -0.2) is 11.3 Å². The van der Waals surface area contributed by atoms with E-state index < -0.39 is 43.0 Å². The summed E-state index contributed by atoms with van der Waals surface area (Å²) < 4.78 is 79.0. The van der Waals surface area contributed by atoms with Crippen molar-refractivity contribution in [2.75, 3.05) is 9.80 Å². The van der Waals surface area contributed by atoms with Crippen molar-refractivity contribution in [3.05, 3.63) is 311 Å². The first kappa shape index (κ1) is 71.4. The summed E-state index contributed by atoms with van der Waals surface area (Å²) in [5.41, 5.74) is 30.5. The molecule has 598 valence electrons. The smallest absolute Gasteiger partial charge is 0.252 e. The number of aromatic nitrogens is 1. The largest absolute Gasteiger partial charge is 0.310 e. The molecule has 16 rings (SSSR count). The van der Waals surface area contributed by atoms with Gasteiger partial charge in [0.2, 0.25) is 0 Å². The van der Waals surface area contributed by atoms with Gasteiger partial charge in [0.1, 0.15) is 0 Å². The molecule has 118 heavy (non-hydrogen) atoms. The predicted octanol–water partition coefficient (Wildman–Crippen LogP) is 30.5. The van der Waals surface area contributed by atoms with E-state index in [1.54, 1.807) is 4.57 Å². The Labute approximate surface area is 719 Å².